The Bertz CT molecular complexity index is 700. The Balaban J connectivity index is 2.00. The minimum absolute atomic E-state index is 0.0973. The van der Waals surface area contributed by atoms with Gasteiger partial charge in [0.1, 0.15) is 5.69 Å². The van der Waals surface area contributed by atoms with Crippen LogP contribution in [-0.4, -0.2) is 17.4 Å². The van der Waals surface area contributed by atoms with Crippen LogP contribution in [0.1, 0.15) is 57.1 Å². The lowest BCUT2D eigenvalue weighted by Crippen LogP contribution is -2.15. The van der Waals surface area contributed by atoms with Gasteiger partial charge in [0.05, 0.1) is 0 Å². The molecule has 4 nitrogen and oxygen atoms in total. The highest BCUT2D eigenvalue weighted by molar-refractivity contribution is 6.03. The Kier molecular flexibility index (Phi) is 6.18. The van der Waals surface area contributed by atoms with E-state index >= 15 is 0 Å². The summed E-state index contributed by atoms with van der Waals surface area (Å²) in [5, 5.41) is 6.25. The fourth-order valence-electron chi connectivity index (χ4n) is 2.42. The van der Waals surface area contributed by atoms with E-state index in [1.54, 1.807) is 12.3 Å². The van der Waals surface area contributed by atoms with E-state index < -0.39 is 0 Å². The number of hydrogen-bond donors (Lipinski definition) is 2. The molecule has 0 saturated heterocycles. The van der Waals surface area contributed by atoms with E-state index in [-0.39, 0.29) is 11.3 Å². The largest absolute Gasteiger partial charge is 0.385 e. The Hall–Kier alpha value is -2.36. The van der Waals surface area contributed by atoms with Crippen molar-refractivity contribution in [3.8, 4) is 0 Å². The fourth-order valence-corrected chi connectivity index (χ4v) is 2.42. The molecule has 0 aliphatic rings. The van der Waals surface area contributed by atoms with Crippen LogP contribution >= 0.6 is 0 Å². The van der Waals surface area contributed by atoms with Gasteiger partial charge in [-0.2, -0.15) is 0 Å². The number of aromatic nitrogens is 1. The molecule has 0 unspecified atom stereocenters. The number of carbonyl (C=O) groups is 1. The predicted octanol–water partition coefficient (Wildman–Crippen LogP) is 5.09. The number of hydrogen-bond acceptors (Lipinski definition) is 3. The summed E-state index contributed by atoms with van der Waals surface area (Å²) in [5.74, 6) is 0.448. The zero-order valence-electron chi connectivity index (χ0n) is 15.9. The van der Waals surface area contributed by atoms with E-state index in [0.29, 0.717) is 11.6 Å². The van der Waals surface area contributed by atoms with Crippen molar-refractivity contribution in [2.45, 2.75) is 46.5 Å². The average molecular weight is 339 g/mol. The first-order chi connectivity index (χ1) is 11.8. The summed E-state index contributed by atoms with van der Waals surface area (Å²) in [6, 6.07) is 11.6. The summed E-state index contributed by atoms with van der Waals surface area (Å²) in [6.07, 6.45) is 2.75. The van der Waals surface area contributed by atoms with Crippen molar-refractivity contribution in [1.82, 2.24) is 4.98 Å². The van der Waals surface area contributed by atoms with Gasteiger partial charge >= 0.3 is 0 Å². The lowest BCUT2D eigenvalue weighted by molar-refractivity contribution is 0.102. The number of amides is 1. The quantitative estimate of drug-likeness (QED) is 0.771. The predicted molar refractivity (Wildman–Crippen MR) is 105 cm³/mol. The molecule has 0 saturated carbocycles. The van der Waals surface area contributed by atoms with Crippen molar-refractivity contribution in [2.75, 3.05) is 17.2 Å². The third-order valence-corrected chi connectivity index (χ3v) is 4.05. The van der Waals surface area contributed by atoms with Gasteiger partial charge in [-0.3, -0.25) is 9.78 Å². The Labute approximate surface area is 151 Å². The van der Waals surface area contributed by atoms with Crippen LogP contribution in [0.25, 0.3) is 0 Å². The first-order valence-electron chi connectivity index (χ1n) is 8.87. The minimum atomic E-state index is -0.198. The van der Waals surface area contributed by atoms with Crippen LogP contribution in [0.2, 0.25) is 0 Å². The molecule has 0 aliphatic carbocycles. The molecule has 4 heteroatoms. The second-order valence-electron chi connectivity index (χ2n) is 7.82. The molecular formula is C21H29N3O. The highest BCUT2D eigenvalue weighted by Crippen LogP contribution is 2.23. The van der Waals surface area contributed by atoms with Gasteiger partial charge in [-0.1, -0.05) is 46.8 Å². The van der Waals surface area contributed by atoms with E-state index in [1.807, 2.05) is 30.3 Å². The van der Waals surface area contributed by atoms with Crippen molar-refractivity contribution in [2.24, 2.45) is 5.92 Å². The maximum absolute atomic E-state index is 12.4. The van der Waals surface area contributed by atoms with Gasteiger partial charge in [0.2, 0.25) is 0 Å². The lowest BCUT2D eigenvalue weighted by atomic mass is 9.87. The molecule has 1 aromatic heterocycles. The number of nitrogens with one attached hydrogen (secondary N) is 2. The second-order valence-corrected chi connectivity index (χ2v) is 7.82. The monoisotopic (exact) mass is 339 g/mol. The molecule has 0 radical (unpaired) electrons. The third-order valence-electron chi connectivity index (χ3n) is 4.05. The second kappa shape index (κ2) is 8.15. The van der Waals surface area contributed by atoms with E-state index in [9.17, 15) is 4.79 Å². The van der Waals surface area contributed by atoms with Gasteiger partial charge in [-0.05, 0) is 47.6 Å². The summed E-state index contributed by atoms with van der Waals surface area (Å²) in [5.41, 5.74) is 3.44. The van der Waals surface area contributed by atoms with Crippen LogP contribution < -0.4 is 10.6 Å². The Morgan fingerprint density at radius 1 is 1.08 bits per heavy atom. The number of benzene rings is 1. The van der Waals surface area contributed by atoms with E-state index in [2.05, 4.69) is 50.2 Å². The van der Waals surface area contributed by atoms with Gasteiger partial charge in [0.25, 0.3) is 5.91 Å². The van der Waals surface area contributed by atoms with Gasteiger partial charge in [0.15, 0.2) is 0 Å². The molecule has 0 fully saturated rings. The summed E-state index contributed by atoms with van der Waals surface area (Å²) < 4.78 is 0. The maximum atomic E-state index is 12.4. The summed E-state index contributed by atoms with van der Waals surface area (Å²) in [6.45, 7) is 11.8. The van der Waals surface area contributed by atoms with Crippen molar-refractivity contribution < 1.29 is 4.79 Å². The number of pyridine rings is 1. The van der Waals surface area contributed by atoms with Crippen molar-refractivity contribution in [3.63, 3.8) is 0 Å². The van der Waals surface area contributed by atoms with Crippen LogP contribution in [0.4, 0.5) is 11.4 Å². The summed E-state index contributed by atoms with van der Waals surface area (Å²) >= 11 is 0. The van der Waals surface area contributed by atoms with Crippen LogP contribution in [-0.2, 0) is 5.41 Å². The smallest absolute Gasteiger partial charge is 0.274 e. The molecule has 1 amide bonds. The van der Waals surface area contributed by atoms with Crippen LogP contribution in [0.3, 0.4) is 0 Å². The zero-order valence-corrected chi connectivity index (χ0v) is 15.9. The van der Waals surface area contributed by atoms with Crippen molar-refractivity contribution in [3.05, 3.63) is 53.9 Å². The van der Waals surface area contributed by atoms with Crippen LogP contribution in [0.5, 0.6) is 0 Å². The normalized spacial score (nSPS) is 11.4. The van der Waals surface area contributed by atoms with Crippen molar-refractivity contribution >= 4 is 17.3 Å². The zero-order chi connectivity index (χ0) is 18.4. The third kappa shape index (κ3) is 5.89. The Morgan fingerprint density at radius 2 is 1.76 bits per heavy atom. The lowest BCUT2D eigenvalue weighted by Gasteiger charge is -2.19. The molecule has 2 N–H and O–H groups in total. The number of anilines is 2. The molecule has 1 heterocycles. The summed E-state index contributed by atoms with van der Waals surface area (Å²) in [7, 11) is 0. The average Bonchev–Trinajstić information content (AvgIpc) is 2.54. The standard InChI is InChI=1S/C21H29N3O/c1-15(2)10-12-22-18-11-13-23-19(14-18)20(25)24-17-8-6-16(7-9-17)21(3,4)5/h6-9,11,13-15H,10,12H2,1-5H3,(H,22,23)(H,24,25). The van der Waals surface area contributed by atoms with Crippen LogP contribution in [0, 0.1) is 5.92 Å². The first-order valence-corrected chi connectivity index (χ1v) is 8.87. The van der Waals surface area contributed by atoms with E-state index in [0.717, 1.165) is 24.3 Å². The van der Waals surface area contributed by atoms with Gasteiger partial charge in [0, 0.05) is 24.1 Å². The highest BCUT2D eigenvalue weighted by atomic mass is 16.1. The molecule has 0 bridgehead atoms. The minimum Gasteiger partial charge on any atom is -0.385 e. The molecule has 0 aliphatic heterocycles. The summed E-state index contributed by atoms with van der Waals surface area (Å²) in [4.78, 5) is 16.6. The Morgan fingerprint density at radius 3 is 2.36 bits per heavy atom. The van der Waals surface area contributed by atoms with E-state index in [4.69, 9.17) is 0 Å². The molecule has 25 heavy (non-hydrogen) atoms. The SMILES string of the molecule is CC(C)CCNc1ccnc(C(=O)Nc2ccc(C(C)(C)C)cc2)c1. The molecule has 134 valence electrons. The number of rotatable bonds is 6. The fraction of sp³-hybridized carbons (Fsp3) is 0.429. The molecule has 1 aromatic carbocycles. The number of nitrogens with zero attached hydrogens (tertiary/aromatic N) is 1. The molecule has 0 spiro atoms. The topological polar surface area (TPSA) is 54.0 Å². The van der Waals surface area contributed by atoms with Crippen molar-refractivity contribution in [1.29, 1.82) is 0 Å². The van der Waals surface area contributed by atoms with Gasteiger partial charge in [-0.25, -0.2) is 0 Å². The molecule has 2 rings (SSSR count). The van der Waals surface area contributed by atoms with Gasteiger partial charge < -0.3 is 10.6 Å². The highest BCUT2D eigenvalue weighted by Gasteiger charge is 2.14. The molecular weight excluding hydrogens is 310 g/mol. The first kappa shape index (κ1) is 19.0. The van der Waals surface area contributed by atoms with Gasteiger partial charge in [-0.15, -0.1) is 0 Å². The van der Waals surface area contributed by atoms with E-state index in [1.165, 1.54) is 5.56 Å². The molecule has 0 atom stereocenters. The van der Waals surface area contributed by atoms with Crippen LogP contribution in [0.15, 0.2) is 42.6 Å². The molecule has 2 aromatic rings. The number of carbonyl (C=O) groups excluding carboxylic acids is 1. The maximum Gasteiger partial charge on any atom is 0.274 e.